The minimum absolute atomic E-state index is 0.111. The van der Waals surface area contributed by atoms with Gasteiger partial charge in [0.05, 0.1) is 17.9 Å². The predicted molar refractivity (Wildman–Crippen MR) is 158 cm³/mol. The molecule has 4 atom stereocenters. The first-order valence-corrected chi connectivity index (χ1v) is 15.1. The van der Waals surface area contributed by atoms with Crippen molar-refractivity contribution in [1.29, 1.82) is 0 Å². The Hall–Kier alpha value is -3.94. The zero-order valence-electron chi connectivity index (χ0n) is 22.2. The topological polar surface area (TPSA) is 74.3 Å². The van der Waals surface area contributed by atoms with Crippen LogP contribution in [0.2, 0.25) is 0 Å². The van der Waals surface area contributed by atoms with Gasteiger partial charge in [0.25, 0.3) is 5.91 Å². The molecule has 7 heteroatoms. The molecule has 1 spiro atoms. The summed E-state index contributed by atoms with van der Waals surface area (Å²) >= 11 is 1.72. The van der Waals surface area contributed by atoms with Gasteiger partial charge in [-0.2, -0.15) is 11.8 Å². The fourth-order valence-electron chi connectivity index (χ4n) is 7.20. The standard InChI is InChI=1S/C33H29N3O3S/c1-40-19-18-25-28-29(31(38)36(30(28)37)26-17-9-13-22-12-5-6-14-23(22)26)33(34-25)24-15-7-8-16-27(24)35(32(33)39)20-21-10-3-2-4-11-21/h2-17,25,28-29,34H,18-20H2,1H3/p+1. The van der Waals surface area contributed by atoms with Crippen LogP contribution in [-0.4, -0.2) is 35.8 Å². The van der Waals surface area contributed by atoms with Crippen LogP contribution in [0.3, 0.4) is 0 Å². The Kier molecular flexibility index (Phi) is 6.02. The molecule has 0 radical (unpaired) electrons. The molecule has 4 unspecified atom stereocenters. The summed E-state index contributed by atoms with van der Waals surface area (Å²) in [6.45, 7) is 0.411. The van der Waals surface area contributed by atoms with Crippen molar-refractivity contribution < 1.29 is 19.7 Å². The van der Waals surface area contributed by atoms with Crippen molar-refractivity contribution in [1.82, 2.24) is 0 Å². The maximum atomic E-state index is 14.7. The molecular weight excluding hydrogens is 518 g/mol. The Bertz CT molecular complexity index is 1650. The molecule has 0 aromatic heterocycles. The van der Waals surface area contributed by atoms with Crippen LogP contribution in [0.1, 0.15) is 17.5 Å². The molecule has 200 valence electrons. The highest BCUT2D eigenvalue weighted by molar-refractivity contribution is 7.98. The van der Waals surface area contributed by atoms with Gasteiger partial charge < -0.3 is 10.2 Å². The molecule has 3 amide bonds. The van der Waals surface area contributed by atoms with Gasteiger partial charge in [0.2, 0.25) is 17.4 Å². The molecule has 3 aliphatic rings. The average molecular weight is 549 g/mol. The zero-order chi connectivity index (χ0) is 27.4. The Labute approximate surface area is 237 Å². The number of hydrogen-bond acceptors (Lipinski definition) is 4. The fourth-order valence-corrected chi connectivity index (χ4v) is 7.70. The van der Waals surface area contributed by atoms with Crippen molar-refractivity contribution in [2.45, 2.75) is 24.5 Å². The molecule has 2 saturated heterocycles. The number of fused-ring (bicyclic) bond motifs is 5. The van der Waals surface area contributed by atoms with Crippen molar-refractivity contribution in [3.8, 4) is 0 Å². The number of carbonyl (C=O) groups excluding carboxylic acids is 3. The van der Waals surface area contributed by atoms with Gasteiger partial charge >= 0.3 is 0 Å². The lowest BCUT2D eigenvalue weighted by Gasteiger charge is -2.28. The molecule has 2 N–H and O–H groups in total. The summed E-state index contributed by atoms with van der Waals surface area (Å²) in [5, 5.41) is 3.89. The van der Waals surface area contributed by atoms with Crippen LogP contribution in [0.5, 0.6) is 0 Å². The molecular formula is C33H30N3O3S+. The molecule has 7 rings (SSSR count). The van der Waals surface area contributed by atoms with Crippen LogP contribution < -0.4 is 15.1 Å². The maximum Gasteiger partial charge on any atom is 0.294 e. The molecule has 3 heterocycles. The Morgan fingerprint density at radius 2 is 1.50 bits per heavy atom. The molecule has 3 aliphatic heterocycles. The van der Waals surface area contributed by atoms with Gasteiger partial charge in [-0.25, -0.2) is 4.90 Å². The highest BCUT2D eigenvalue weighted by Gasteiger charge is 2.75. The van der Waals surface area contributed by atoms with Crippen LogP contribution >= 0.6 is 11.8 Å². The molecule has 40 heavy (non-hydrogen) atoms. The minimum atomic E-state index is -1.18. The highest BCUT2D eigenvalue weighted by atomic mass is 32.2. The van der Waals surface area contributed by atoms with Crippen molar-refractivity contribution in [2.24, 2.45) is 11.8 Å². The zero-order valence-corrected chi connectivity index (χ0v) is 23.0. The van der Waals surface area contributed by atoms with E-state index in [9.17, 15) is 14.4 Å². The molecule has 0 aliphatic carbocycles. The Morgan fingerprint density at radius 1 is 0.800 bits per heavy atom. The minimum Gasteiger partial charge on any atom is -0.326 e. The summed E-state index contributed by atoms with van der Waals surface area (Å²) in [5.41, 5.74) is 2.09. The van der Waals surface area contributed by atoms with E-state index >= 15 is 0 Å². The maximum absolute atomic E-state index is 14.7. The first kappa shape index (κ1) is 25.1. The molecule has 4 aromatic carbocycles. The monoisotopic (exact) mass is 548 g/mol. The van der Waals surface area contributed by atoms with E-state index in [2.05, 4.69) is 5.32 Å². The second-order valence-corrected chi connectivity index (χ2v) is 11.9. The molecule has 0 saturated carbocycles. The summed E-state index contributed by atoms with van der Waals surface area (Å²) in [7, 11) is 0. The number of carbonyl (C=O) groups is 3. The summed E-state index contributed by atoms with van der Waals surface area (Å²) in [5.74, 6) is -1.09. The van der Waals surface area contributed by atoms with E-state index in [0.29, 0.717) is 12.2 Å². The van der Waals surface area contributed by atoms with E-state index in [0.717, 1.165) is 39.8 Å². The number of thioether (sulfide) groups is 1. The summed E-state index contributed by atoms with van der Waals surface area (Å²) < 4.78 is 0. The normalized spacial score (nSPS) is 25.3. The van der Waals surface area contributed by atoms with E-state index in [1.807, 2.05) is 108 Å². The average Bonchev–Trinajstić information content (AvgIpc) is 3.55. The van der Waals surface area contributed by atoms with Gasteiger partial charge in [-0.15, -0.1) is 0 Å². The predicted octanol–water partition coefficient (Wildman–Crippen LogP) is 4.09. The third kappa shape index (κ3) is 3.50. The quantitative estimate of drug-likeness (QED) is 0.369. The fraction of sp³-hybridized carbons (Fsp3) is 0.242. The summed E-state index contributed by atoms with van der Waals surface area (Å²) in [6, 6.07) is 31.1. The number of para-hydroxylation sites is 1. The number of quaternary nitrogens is 1. The number of rotatable bonds is 6. The lowest BCUT2D eigenvalue weighted by Crippen LogP contribution is -2.99. The Balaban J connectivity index is 1.38. The number of benzene rings is 4. The van der Waals surface area contributed by atoms with Crippen LogP contribution in [0.4, 0.5) is 11.4 Å². The van der Waals surface area contributed by atoms with Crippen LogP contribution in [-0.2, 0) is 26.5 Å². The third-order valence-corrected chi connectivity index (χ3v) is 9.51. The second-order valence-electron chi connectivity index (χ2n) is 10.9. The van der Waals surface area contributed by atoms with Crippen molar-refractivity contribution in [3.63, 3.8) is 0 Å². The van der Waals surface area contributed by atoms with Gasteiger partial charge in [-0.05, 0) is 35.1 Å². The number of anilines is 2. The van der Waals surface area contributed by atoms with Gasteiger partial charge in [0.15, 0.2) is 0 Å². The van der Waals surface area contributed by atoms with Gasteiger partial charge in [0, 0.05) is 17.4 Å². The second kappa shape index (κ2) is 9.61. The molecule has 4 aromatic rings. The first-order chi connectivity index (χ1) is 19.6. The third-order valence-electron chi connectivity index (χ3n) is 8.87. The smallest absolute Gasteiger partial charge is 0.294 e. The highest BCUT2D eigenvalue weighted by Crippen LogP contribution is 2.52. The SMILES string of the molecule is CSCCC1[NH2+]C2(C(=O)N(Cc3ccccc3)c3ccccc32)C2C(=O)N(c3cccc4ccccc34)C(=O)C12. The van der Waals surface area contributed by atoms with Crippen LogP contribution in [0, 0.1) is 11.8 Å². The van der Waals surface area contributed by atoms with Gasteiger partial charge in [-0.1, -0.05) is 84.9 Å². The lowest BCUT2D eigenvalue weighted by molar-refractivity contribution is -0.733. The lowest BCUT2D eigenvalue weighted by atomic mass is 9.76. The Morgan fingerprint density at radius 3 is 2.33 bits per heavy atom. The van der Waals surface area contributed by atoms with Gasteiger partial charge in [-0.3, -0.25) is 14.4 Å². The number of hydrogen-bond donors (Lipinski definition) is 1. The number of nitrogens with zero attached hydrogens (tertiary/aromatic N) is 2. The molecule has 0 bridgehead atoms. The van der Waals surface area contributed by atoms with Crippen molar-refractivity contribution >= 4 is 51.6 Å². The van der Waals surface area contributed by atoms with E-state index in [1.165, 1.54) is 4.90 Å². The van der Waals surface area contributed by atoms with Crippen LogP contribution in [0.25, 0.3) is 10.8 Å². The molecule has 2 fully saturated rings. The number of imide groups is 1. The van der Waals surface area contributed by atoms with Crippen molar-refractivity contribution in [3.05, 3.63) is 108 Å². The summed E-state index contributed by atoms with van der Waals surface area (Å²) in [6.07, 6.45) is 2.78. The van der Waals surface area contributed by atoms with E-state index in [1.54, 1.807) is 11.8 Å². The summed E-state index contributed by atoms with van der Waals surface area (Å²) in [4.78, 5) is 46.7. The first-order valence-electron chi connectivity index (χ1n) is 13.7. The van der Waals surface area contributed by atoms with Crippen LogP contribution in [0.15, 0.2) is 97.1 Å². The number of amides is 3. The van der Waals surface area contributed by atoms with E-state index in [-0.39, 0.29) is 23.8 Å². The van der Waals surface area contributed by atoms with E-state index < -0.39 is 17.4 Å². The van der Waals surface area contributed by atoms with Crippen molar-refractivity contribution in [2.75, 3.05) is 21.8 Å². The molecule has 6 nitrogen and oxygen atoms in total. The van der Waals surface area contributed by atoms with E-state index in [4.69, 9.17) is 0 Å². The largest absolute Gasteiger partial charge is 0.326 e. The number of nitrogens with two attached hydrogens (primary N) is 1. The van der Waals surface area contributed by atoms with Gasteiger partial charge in [0.1, 0.15) is 17.9 Å².